The van der Waals surface area contributed by atoms with E-state index in [2.05, 4.69) is 11.5 Å². The van der Waals surface area contributed by atoms with Gasteiger partial charge in [0.25, 0.3) is 0 Å². The minimum Gasteiger partial charge on any atom is -0.381 e. The molecule has 0 aliphatic rings. The molecule has 0 radical (unpaired) electrons. The van der Waals surface area contributed by atoms with Crippen molar-refractivity contribution in [1.29, 1.82) is 0 Å². The van der Waals surface area contributed by atoms with Gasteiger partial charge in [0.05, 0.1) is 6.10 Å². The van der Waals surface area contributed by atoms with Crippen LogP contribution in [-0.2, 0) is 4.74 Å². The summed E-state index contributed by atoms with van der Waals surface area (Å²) in [5.74, 6) is 5.16. The molecule has 70 valence electrons. The highest BCUT2D eigenvalue weighted by Crippen LogP contribution is 1.96. The maximum absolute atomic E-state index is 5.16. The molecule has 0 rings (SSSR count). The van der Waals surface area contributed by atoms with Gasteiger partial charge in [-0.2, -0.15) is 0 Å². The zero-order chi connectivity index (χ0) is 9.40. The van der Waals surface area contributed by atoms with Gasteiger partial charge >= 0.3 is 0 Å². The van der Waals surface area contributed by atoms with Crippen molar-refractivity contribution in [2.45, 2.75) is 26.4 Å². The van der Waals surface area contributed by atoms with Crippen LogP contribution in [0.3, 0.4) is 0 Å². The van der Waals surface area contributed by atoms with Crippen LogP contribution in [0.5, 0.6) is 0 Å². The van der Waals surface area contributed by atoms with Gasteiger partial charge in [0.15, 0.2) is 0 Å². The van der Waals surface area contributed by atoms with Gasteiger partial charge in [-0.1, -0.05) is 12.2 Å². The largest absolute Gasteiger partial charge is 0.381 e. The number of hydrogen-bond acceptors (Lipinski definition) is 3. The molecule has 0 aliphatic heterocycles. The second-order valence-electron chi connectivity index (χ2n) is 2.70. The van der Waals surface area contributed by atoms with Crippen molar-refractivity contribution in [2.24, 2.45) is 5.84 Å². The first-order chi connectivity index (χ1) is 5.70. The summed E-state index contributed by atoms with van der Waals surface area (Å²) < 4.78 is 5.07. The Bertz CT molecular complexity index is 164. The molecule has 0 aliphatic carbocycles. The highest BCUT2D eigenvalue weighted by molar-refractivity contribution is 5.08. The summed E-state index contributed by atoms with van der Waals surface area (Å²) in [5, 5.41) is 0. The number of nitrogens with two attached hydrogens (primary N) is 1. The highest BCUT2D eigenvalue weighted by Gasteiger charge is 1.92. The molecule has 0 saturated heterocycles. The van der Waals surface area contributed by atoms with Crippen LogP contribution in [0.4, 0.5) is 0 Å². The maximum atomic E-state index is 5.16. The predicted molar refractivity (Wildman–Crippen MR) is 51.3 cm³/mol. The number of nitrogens with one attached hydrogen (secondary N) is 1. The summed E-state index contributed by atoms with van der Waals surface area (Å²) in [6.45, 7) is 3.94. The minimum absolute atomic E-state index is 0.279. The second kappa shape index (κ2) is 6.88. The highest BCUT2D eigenvalue weighted by atomic mass is 16.5. The van der Waals surface area contributed by atoms with Gasteiger partial charge in [0, 0.05) is 12.8 Å². The molecule has 3 N–H and O–H groups in total. The van der Waals surface area contributed by atoms with E-state index < -0.39 is 0 Å². The number of rotatable bonds is 5. The van der Waals surface area contributed by atoms with Crippen LogP contribution in [0.1, 0.15) is 20.3 Å². The average Bonchev–Trinajstić information content (AvgIpc) is 2.11. The molecule has 0 unspecified atom stereocenters. The first-order valence-corrected chi connectivity index (χ1v) is 4.03. The SMILES string of the molecule is CO[C@H](C)C/C=C\C=C(/C)NN. The molecule has 3 heteroatoms. The molecule has 0 heterocycles. The Morgan fingerprint density at radius 1 is 1.67 bits per heavy atom. The van der Waals surface area contributed by atoms with Gasteiger partial charge in [0.1, 0.15) is 0 Å². The molecule has 0 fully saturated rings. The lowest BCUT2D eigenvalue weighted by molar-refractivity contribution is 0.121. The molecule has 0 spiro atoms. The number of methoxy groups -OCH3 is 1. The molecular formula is C9H18N2O. The van der Waals surface area contributed by atoms with Crippen LogP contribution in [0.15, 0.2) is 23.9 Å². The Balaban J connectivity index is 3.62. The third-order valence-corrected chi connectivity index (χ3v) is 1.58. The fourth-order valence-corrected chi connectivity index (χ4v) is 0.627. The Morgan fingerprint density at radius 2 is 2.33 bits per heavy atom. The van der Waals surface area contributed by atoms with Crippen LogP contribution in [-0.4, -0.2) is 13.2 Å². The lowest BCUT2D eigenvalue weighted by atomic mass is 10.2. The third-order valence-electron chi connectivity index (χ3n) is 1.58. The zero-order valence-electron chi connectivity index (χ0n) is 8.00. The summed E-state index contributed by atoms with van der Waals surface area (Å²) in [7, 11) is 1.71. The van der Waals surface area contributed by atoms with E-state index in [9.17, 15) is 0 Å². The van der Waals surface area contributed by atoms with Crippen LogP contribution < -0.4 is 11.3 Å². The van der Waals surface area contributed by atoms with Crippen LogP contribution in [0.25, 0.3) is 0 Å². The van der Waals surface area contributed by atoms with Crippen molar-refractivity contribution >= 4 is 0 Å². The Morgan fingerprint density at radius 3 is 2.83 bits per heavy atom. The fourth-order valence-electron chi connectivity index (χ4n) is 0.627. The van der Waals surface area contributed by atoms with E-state index in [1.165, 1.54) is 0 Å². The van der Waals surface area contributed by atoms with Gasteiger partial charge in [-0.3, -0.25) is 5.84 Å². The van der Waals surface area contributed by atoms with E-state index in [1.807, 2.05) is 26.0 Å². The van der Waals surface area contributed by atoms with E-state index in [0.717, 1.165) is 12.1 Å². The number of hydrogen-bond donors (Lipinski definition) is 2. The lowest BCUT2D eigenvalue weighted by Gasteiger charge is -2.03. The number of hydrazine groups is 1. The zero-order valence-corrected chi connectivity index (χ0v) is 8.00. The Labute approximate surface area is 74.3 Å². The molecule has 1 atom stereocenters. The summed E-state index contributed by atoms with van der Waals surface area (Å²) >= 11 is 0. The maximum Gasteiger partial charge on any atom is 0.0577 e. The van der Waals surface area contributed by atoms with Crippen molar-refractivity contribution in [3.05, 3.63) is 23.9 Å². The van der Waals surface area contributed by atoms with Crippen LogP contribution in [0, 0.1) is 0 Å². The third kappa shape index (κ3) is 5.95. The normalized spacial score (nSPS) is 15.2. The molecular weight excluding hydrogens is 152 g/mol. The summed E-state index contributed by atoms with van der Waals surface area (Å²) in [6, 6.07) is 0. The molecule has 0 aromatic carbocycles. The van der Waals surface area contributed by atoms with Gasteiger partial charge in [-0.15, -0.1) is 0 Å². The molecule has 0 saturated carbocycles. The standard InChI is InChI=1S/C9H18N2O/c1-8(11-10)6-4-5-7-9(2)12-3/h4-6,9,11H,7,10H2,1-3H3/b5-4-,8-6+/t9-/m1/s1. The quantitative estimate of drug-likeness (QED) is 0.372. The van der Waals surface area contributed by atoms with Crippen molar-refractivity contribution in [1.82, 2.24) is 5.43 Å². The van der Waals surface area contributed by atoms with Gasteiger partial charge < -0.3 is 10.2 Å². The molecule has 0 amide bonds. The van der Waals surface area contributed by atoms with Crippen LogP contribution in [0.2, 0.25) is 0 Å². The van der Waals surface area contributed by atoms with E-state index in [-0.39, 0.29) is 6.10 Å². The Hall–Kier alpha value is -0.800. The summed E-state index contributed by atoms with van der Waals surface area (Å²) in [5.41, 5.74) is 3.49. The van der Waals surface area contributed by atoms with Gasteiger partial charge in [-0.05, 0) is 26.3 Å². The molecule has 0 aromatic heterocycles. The average molecular weight is 170 g/mol. The Kier molecular flexibility index (Phi) is 6.42. The van der Waals surface area contributed by atoms with E-state index in [4.69, 9.17) is 10.6 Å². The minimum atomic E-state index is 0.279. The summed E-state index contributed by atoms with van der Waals surface area (Å²) in [6.07, 6.45) is 7.13. The van der Waals surface area contributed by atoms with Gasteiger partial charge in [0.2, 0.25) is 0 Å². The smallest absolute Gasteiger partial charge is 0.0577 e. The monoisotopic (exact) mass is 170 g/mol. The second-order valence-corrected chi connectivity index (χ2v) is 2.70. The van der Waals surface area contributed by atoms with E-state index >= 15 is 0 Å². The van der Waals surface area contributed by atoms with Crippen molar-refractivity contribution in [3.63, 3.8) is 0 Å². The molecule has 12 heavy (non-hydrogen) atoms. The molecule has 3 nitrogen and oxygen atoms in total. The predicted octanol–water partition coefficient (Wildman–Crippen LogP) is 1.33. The topological polar surface area (TPSA) is 47.3 Å². The number of ether oxygens (including phenoxy) is 1. The van der Waals surface area contributed by atoms with Crippen molar-refractivity contribution < 1.29 is 4.74 Å². The van der Waals surface area contributed by atoms with E-state index in [0.29, 0.717) is 0 Å². The fraction of sp³-hybridized carbons (Fsp3) is 0.556. The number of allylic oxidation sites excluding steroid dienone is 3. The lowest BCUT2D eigenvalue weighted by Crippen LogP contribution is -2.18. The van der Waals surface area contributed by atoms with Gasteiger partial charge in [-0.25, -0.2) is 0 Å². The first-order valence-electron chi connectivity index (χ1n) is 4.03. The van der Waals surface area contributed by atoms with Crippen molar-refractivity contribution in [3.8, 4) is 0 Å². The van der Waals surface area contributed by atoms with Crippen LogP contribution >= 0.6 is 0 Å². The molecule has 0 aromatic rings. The molecule has 0 bridgehead atoms. The van der Waals surface area contributed by atoms with Crippen molar-refractivity contribution in [2.75, 3.05) is 7.11 Å². The first kappa shape index (κ1) is 11.2. The summed E-state index contributed by atoms with van der Waals surface area (Å²) in [4.78, 5) is 0. The van der Waals surface area contributed by atoms with E-state index in [1.54, 1.807) is 7.11 Å².